The van der Waals surface area contributed by atoms with E-state index in [0.717, 1.165) is 24.1 Å². The Labute approximate surface area is 104 Å². The Hall–Kier alpha value is -1.31. The fourth-order valence-electron chi connectivity index (χ4n) is 1.82. The summed E-state index contributed by atoms with van der Waals surface area (Å²) >= 11 is 0. The minimum Gasteiger partial charge on any atom is -0.385 e. The lowest BCUT2D eigenvalue weighted by Gasteiger charge is -2.06. The number of rotatable bonds is 9. The monoisotopic (exact) mass is 233 g/mol. The van der Waals surface area contributed by atoms with Crippen molar-refractivity contribution in [3.05, 3.63) is 29.8 Å². The Morgan fingerprint density at radius 2 is 1.65 bits per heavy atom. The van der Waals surface area contributed by atoms with Crippen LogP contribution >= 0.6 is 0 Å². The first-order valence-electron chi connectivity index (χ1n) is 6.66. The summed E-state index contributed by atoms with van der Waals surface area (Å²) in [6, 6.07) is 7.61. The fourth-order valence-corrected chi connectivity index (χ4v) is 1.82. The lowest BCUT2D eigenvalue weighted by Crippen LogP contribution is -2.01. The van der Waals surface area contributed by atoms with E-state index in [-0.39, 0.29) is 0 Å². The van der Waals surface area contributed by atoms with Gasteiger partial charge in [0.25, 0.3) is 0 Å². The second-order valence-corrected chi connectivity index (χ2v) is 4.43. The van der Waals surface area contributed by atoms with Gasteiger partial charge in [0.1, 0.15) is 6.29 Å². The van der Waals surface area contributed by atoms with Crippen molar-refractivity contribution in [1.82, 2.24) is 0 Å². The van der Waals surface area contributed by atoms with Crippen LogP contribution in [0.25, 0.3) is 0 Å². The minimum absolute atomic E-state index is 0.732. The Morgan fingerprint density at radius 1 is 1.00 bits per heavy atom. The molecule has 0 spiro atoms. The number of unbranched alkanes of at least 4 members (excludes halogenated alkanes) is 5. The molecule has 0 saturated heterocycles. The summed E-state index contributed by atoms with van der Waals surface area (Å²) in [5.74, 6) is 0. The average Bonchev–Trinajstić information content (AvgIpc) is 2.38. The van der Waals surface area contributed by atoms with Crippen LogP contribution in [0.4, 0.5) is 5.69 Å². The molecular weight excluding hydrogens is 210 g/mol. The molecule has 0 aliphatic heterocycles. The van der Waals surface area contributed by atoms with Gasteiger partial charge in [-0.2, -0.15) is 0 Å². The molecule has 0 saturated carbocycles. The van der Waals surface area contributed by atoms with Gasteiger partial charge in [-0.1, -0.05) is 39.0 Å². The largest absolute Gasteiger partial charge is 0.385 e. The number of carbonyl (C=O) groups excluding carboxylic acids is 1. The molecule has 2 nitrogen and oxygen atoms in total. The lowest BCUT2D eigenvalue weighted by atomic mass is 10.1. The van der Waals surface area contributed by atoms with Crippen LogP contribution in [0.2, 0.25) is 0 Å². The number of anilines is 1. The van der Waals surface area contributed by atoms with E-state index in [9.17, 15) is 4.79 Å². The van der Waals surface area contributed by atoms with Crippen LogP contribution in [-0.4, -0.2) is 12.8 Å². The van der Waals surface area contributed by atoms with Crippen LogP contribution in [-0.2, 0) is 0 Å². The zero-order valence-electron chi connectivity index (χ0n) is 10.7. The molecule has 1 N–H and O–H groups in total. The third kappa shape index (κ3) is 6.10. The molecule has 1 aromatic carbocycles. The Morgan fingerprint density at radius 3 is 2.29 bits per heavy atom. The average molecular weight is 233 g/mol. The summed E-state index contributed by atoms with van der Waals surface area (Å²) in [6.45, 7) is 3.26. The molecule has 0 aliphatic carbocycles. The molecule has 0 aromatic heterocycles. The van der Waals surface area contributed by atoms with Gasteiger partial charge in [0.05, 0.1) is 0 Å². The maximum atomic E-state index is 10.5. The molecule has 1 aromatic rings. The molecule has 0 heterocycles. The summed E-state index contributed by atoms with van der Waals surface area (Å²) in [5.41, 5.74) is 1.83. The number of hydrogen-bond donors (Lipinski definition) is 1. The minimum atomic E-state index is 0.732. The highest BCUT2D eigenvalue weighted by Gasteiger charge is 1.93. The van der Waals surface area contributed by atoms with Crippen LogP contribution in [0.15, 0.2) is 24.3 Å². The van der Waals surface area contributed by atoms with Crippen molar-refractivity contribution < 1.29 is 4.79 Å². The smallest absolute Gasteiger partial charge is 0.150 e. The molecule has 0 unspecified atom stereocenters. The molecule has 0 radical (unpaired) electrons. The van der Waals surface area contributed by atoms with E-state index in [1.807, 2.05) is 24.3 Å². The first-order chi connectivity index (χ1) is 8.36. The normalized spacial score (nSPS) is 10.2. The molecule has 0 amide bonds. The quantitative estimate of drug-likeness (QED) is 0.509. The van der Waals surface area contributed by atoms with Gasteiger partial charge < -0.3 is 5.32 Å². The van der Waals surface area contributed by atoms with Crippen LogP contribution in [0.1, 0.15) is 55.8 Å². The predicted molar refractivity (Wildman–Crippen MR) is 73.7 cm³/mol. The van der Waals surface area contributed by atoms with Crippen molar-refractivity contribution in [2.75, 3.05) is 11.9 Å². The number of benzene rings is 1. The summed E-state index contributed by atoms with van der Waals surface area (Å²) < 4.78 is 0. The summed E-state index contributed by atoms with van der Waals surface area (Å²) in [4.78, 5) is 10.5. The Bertz CT molecular complexity index is 305. The lowest BCUT2D eigenvalue weighted by molar-refractivity contribution is 0.112. The first kappa shape index (κ1) is 13.8. The molecule has 2 heteroatoms. The number of carbonyl (C=O) groups is 1. The van der Waals surface area contributed by atoms with Gasteiger partial charge in [-0.15, -0.1) is 0 Å². The van der Waals surface area contributed by atoms with E-state index in [1.54, 1.807) is 0 Å². The SMILES string of the molecule is CCCCCCCCNc1ccc(C=O)cc1. The Balaban J connectivity index is 2.07. The maximum Gasteiger partial charge on any atom is 0.150 e. The van der Waals surface area contributed by atoms with Crippen molar-refractivity contribution in [2.45, 2.75) is 45.4 Å². The van der Waals surface area contributed by atoms with Gasteiger partial charge in [0, 0.05) is 17.8 Å². The van der Waals surface area contributed by atoms with Gasteiger partial charge in [-0.3, -0.25) is 4.79 Å². The van der Waals surface area contributed by atoms with Gasteiger partial charge in [-0.05, 0) is 30.7 Å². The van der Waals surface area contributed by atoms with Gasteiger partial charge in [0.15, 0.2) is 0 Å². The highest BCUT2D eigenvalue weighted by atomic mass is 16.1. The molecule has 0 fully saturated rings. The molecule has 1 rings (SSSR count). The molecule has 0 atom stereocenters. The number of nitrogens with one attached hydrogen (secondary N) is 1. The summed E-state index contributed by atoms with van der Waals surface area (Å²) in [5, 5.41) is 3.37. The van der Waals surface area contributed by atoms with Crippen molar-refractivity contribution >= 4 is 12.0 Å². The van der Waals surface area contributed by atoms with Gasteiger partial charge in [0.2, 0.25) is 0 Å². The second-order valence-electron chi connectivity index (χ2n) is 4.43. The highest BCUT2D eigenvalue weighted by molar-refractivity contribution is 5.75. The van der Waals surface area contributed by atoms with Crippen molar-refractivity contribution in [2.24, 2.45) is 0 Å². The highest BCUT2D eigenvalue weighted by Crippen LogP contribution is 2.09. The topological polar surface area (TPSA) is 29.1 Å². The van der Waals surface area contributed by atoms with E-state index in [2.05, 4.69) is 12.2 Å². The molecule has 17 heavy (non-hydrogen) atoms. The van der Waals surface area contributed by atoms with Crippen LogP contribution in [0, 0.1) is 0 Å². The molecule has 0 bridgehead atoms. The maximum absolute atomic E-state index is 10.5. The van der Waals surface area contributed by atoms with E-state index in [4.69, 9.17) is 0 Å². The predicted octanol–water partition coefficient (Wildman–Crippen LogP) is 4.27. The Kier molecular flexibility index (Phi) is 7.12. The summed E-state index contributed by atoms with van der Waals surface area (Å²) in [7, 11) is 0. The zero-order chi connectivity index (χ0) is 12.3. The van der Waals surface area contributed by atoms with Crippen LogP contribution in [0.3, 0.4) is 0 Å². The van der Waals surface area contributed by atoms with Crippen LogP contribution in [0.5, 0.6) is 0 Å². The second kappa shape index (κ2) is 8.80. The van der Waals surface area contributed by atoms with Crippen molar-refractivity contribution in [1.29, 1.82) is 0 Å². The van der Waals surface area contributed by atoms with E-state index >= 15 is 0 Å². The van der Waals surface area contributed by atoms with E-state index < -0.39 is 0 Å². The van der Waals surface area contributed by atoms with Gasteiger partial charge in [-0.25, -0.2) is 0 Å². The standard InChI is InChI=1S/C15H23NO/c1-2-3-4-5-6-7-12-16-15-10-8-14(13-17)9-11-15/h8-11,13,16H,2-7,12H2,1H3. The van der Waals surface area contributed by atoms with E-state index in [1.165, 1.54) is 38.5 Å². The third-order valence-electron chi connectivity index (χ3n) is 2.91. The third-order valence-corrected chi connectivity index (χ3v) is 2.91. The molecular formula is C15H23NO. The van der Waals surface area contributed by atoms with Crippen molar-refractivity contribution in [3.63, 3.8) is 0 Å². The summed E-state index contributed by atoms with van der Waals surface area (Å²) in [6.07, 6.45) is 8.78. The molecule has 94 valence electrons. The number of hydrogen-bond acceptors (Lipinski definition) is 2. The van der Waals surface area contributed by atoms with Gasteiger partial charge >= 0.3 is 0 Å². The van der Waals surface area contributed by atoms with Crippen molar-refractivity contribution in [3.8, 4) is 0 Å². The zero-order valence-corrected chi connectivity index (χ0v) is 10.7. The first-order valence-corrected chi connectivity index (χ1v) is 6.66. The fraction of sp³-hybridized carbons (Fsp3) is 0.533. The number of aldehydes is 1. The van der Waals surface area contributed by atoms with E-state index in [0.29, 0.717) is 0 Å². The van der Waals surface area contributed by atoms with Crippen LogP contribution < -0.4 is 5.32 Å². The molecule has 0 aliphatic rings.